The van der Waals surface area contributed by atoms with Crippen LogP contribution in [-0.4, -0.2) is 59.9 Å². The fraction of sp³-hybridized carbons (Fsp3) is 0.419. The van der Waals surface area contributed by atoms with E-state index in [4.69, 9.17) is 42.1 Å². The van der Waals surface area contributed by atoms with Crippen LogP contribution in [0, 0.1) is 5.92 Å². The average molecular weight is 737 g/mol. The SMILES string of the molecule is COc1ccc(S(=O)(=O)N[C@H](CCSC)C(=O)O[C@@H](Cc2c(Cl)c[nH+]cc2Cl)c2ccc(OC(F)F)c(OCC3CC3)c2)cc1OC. The van der Waals surface area contributed by atoms with E-state index in [1.165, 1.54) is 74.8 Å². The molecule has 0 saturated heterocycles. The molecule has 0 amide bonds. The number of ether oxygens (including phenoxy) is 5. The van der Waals surface area contributed by atoms with Crippen molar-refractivity contribution in [3.63, 3.8) is 0 Å². The van der Waals surface area contributed by atoms with E-state index in [0.29, 0.717) is 35.2 Å². The van der Waals surface area contributed by atoms with Crippen LogP contribution in [-0.2, 0) is 26.0 Å². The molecule has 1 heterocycles. The van der Waals surface area contributed by atoms with E-state index in [-0.39, 0.29) is 45.0 Å². The van der Waals surface area contributed by atoms with Gasteiger partial charge in [-0.2, -0.15) is 25.3 Å². The molecule has 1 aliphatic rings. The number of methoxy groups -OCH3 is 2. The van der Waals surface area contributed by atoms with Gasteiger partial charge in [0.2, 0.25) is 10.0 Å². The number of halogens is 4. The van der Waals surface area contributed by atoms with Crippen molar-refractivity contribution in [2.45, 2.75) is 49.3 Å². The first-order chi connectivity index (χ1) is 22.4. The summed E-state index contributed by atoms with van der Waals surface area (Å²) in [7, 11) is -1.45. The minimum Gasteiger partial charge on any atom is -0.493 e. The number of nitrogens with one attached hydrogen (secondary N) is 2. The summed E-state index contributed by atoms with van der Waals surface area (Å²) in [6.45, 7) is -2.79. The molecule has 0 radical (unpaired) electrons. The first-order valence-corrected chi connectivity index (χ1v) is 18.1. The second-order valence-electron chi connectivity index (χ2n) is 10.6. The number of hydrogen-bond donors (Lipinski definition) is 1. The first-order valence-electron chi connectivity index (χ1n) is 14.4. The van der Waals surface area contributed by atoms with Crippen LogP contribution < -0.4 is 28.7 Å². The Kier molecular flexibility index (Phi) is 13.2. The Morgan fingerprint density at radius 3 is 2.32 bits per heavy atom. The topological polar surface area (TPSA) is 124 Å². The Hall–Kier alpha value is -3.04. The molecule has 2 atom stereocenters. The quantitative estimate of drug-likeness (QED) is 0.154. The van der Waals surface area contributed by atoms with Gasteiger partial charge in [0.05, 0.1) is 25.7 Å². The third-order valence-corrected chi connectivity index (χ3v) is 10.0. The molecule has 1 fully saturated rings. The van der Waals surface area contributed by atoms with E-state index < -0.39 is 34.7 Å². The molecule has 10 nitrogen and oxygen atoms in total. The zero-order chi connectivity index (χ0) is 34.1. The molecule has 2 aromatic carbocycles. The van der Waals surface area contributed by atoms with Gasteiger partial charge in [0.25, 0.3) is 0 Å². The van der Waals surface area contributed by atoms with Crippen LogP contribution in [0.4, 0.5) is 8.78 Å². The van der Waals surface area contributed by atoms with Crippen molar-refractivity contribution in [2.75, 3.05) is 32.8 Å². The van der Waals surface area contributed by atoms with E-state index in [9.17, 15) is 22.0 Å². The van der Waals surface area contributed by atoms with Gasteiger partial charge in [-0.25, -0.2) is 13.4 Å². The molecule has 0 spiro atoms. The summed E-state index contributed by atoms with van der Waals surface area (Å²) in [5.74, 6) is 0.226. The van der Waals surface area contributed by atoms with Crippen molar-refractivity contribution >= 4 is 51.0 Å². The van der Waals surface area contributed by atoms with Crippen molar-refractivity contribution in [2.24, 2.45) is 5.92 Å². The molecule has 0 aliphatic heterocycles. The summed E-state index contributed by atoms with van der Waals surface area (Å²) < 4.78 is 82.7. The number of benzene rings is 2. The number of aromatic amines is 1. The van der Waals surface area contributed by atoms with Crippen LogP contribution in [0.5, 0.6) is 23.0 Å². The van der Waals surface area contributed by atoms with E-state index in [1.54, 1.807) is 0 Å². The second kappa shape index (κ2) is 16.9. The Bertz CT molecular complexity index is 1630. The highest BCUT2D eigenvalue weighted by molar-refractivity contribution is 7.98. The highest BCUT2D eigenvalue weighted by Crippen LogP contribution is 2.38. The maximum atomic E-state index is 13.8. The molecule has 1 aliphatic carbocycles. The first kappa shape index (κ1) is 36.8. The fourth-order valence-corrected chi connectivity index (χ4v) is 6.77. The van der Waals surface area contributed by atoms with Crippen LogP contribution in [0.2, 0.25) is 10.0 Å². The Labute approximate surface area is 286 Å². The number of pyridine rings is 1. The predicted octanol–water partition coefficient (Wildman–Crippen LogP) is 6.14. The smallest absolute Gasteiger partial charge is 0.387 e. The van der Waals surface area contributed by atoms with Gasteiger partial charge >= 0.3 is 12.6 Å². The normalized spacial score (nSPS) is 14.4. The fourth-order valence-electron chi connectivity index (χ4n) is 4.53. The lowest BCUT2D eigenvalue weighted by Gasteiger charge is -2.24. The van der Waals surface area contributed by atoms with Gasteiger partial charge in [0, 0.05) is 18.1 Å². The maximum Gasteiger partial charge on any atom is 0.387 e. The zero-order valence-corrected chi connectivity index (χ0v) is 28.9. The van der Waals surface area contributed by atoms with Gasteiger partial charge in [-0.3, -0.25) is 4.79 Å². The monoisotopic (exact) mass is 735 g/mol. The molecule has 2 N–H and O–H groups in total. The molecule has 0 bridgehead atoms. The van der Waals surface area contributed by atoms with Crippen LogP contribution in [0.25, 0.3) is 0 Å². The number of aromatic nitrogens is 1. The summed E-state index contributed by atoms with van der Waals surface area (Å²) in [6, 6.07) is 6.96. The molecule has 16 heteroatoms. The van der Waals surface area contributed by atoms with Crippen LogP contribution >= 0.6 is 35.0 Å². The van der Waals surface area contributed by atoms with Gasteiger partial charge in [0.1, 0.15) is 22.2 Å². The van der Waals surface area contributed by atoms with Crippen molar-refractivity contribution in [1.82, 2.24) is 4.72 Å². The zero-order valence-electron chi connectivity index (χ0n) is 25.8. The number of sulfonamides is 1. The molecular weight excluding hydrogens is 701 g/mol. The second-order valence-corrected chi connectivity index (χ2v) is 14.1. The Balaban J connectivity index is 1.68. The number of rotatable bonds is 18. The lowest BCUT2D eigenvalue weighted by atomic mass is 10.0. The van der Waals surface area contributed by atoms with E-state index in [0.717, 1.165) is 12.8 Å². The van der Waals surface area contributed by atoms with Crippen molar-refractivity contribution in [3.05, 3.63) is 70.0 Å². The van der Waals surface area contributed by atoms with Gasteiger partial charge in [-0.15, -0.1) is 0 Å². The molecular formula is C31H35Cl2F2N2O8S2+. The molecule has 3 aromatic rings. The number of esters is 1. The van der Waals surface area contributed by atoms with Crippen LogP contribution in [0.1, 0.15) is 36.5 Å². The van der Waals surface area contributed by atoms with Crippen LogP contribution in [0.3, 0.4) is 0 Å². The summed E-state index contributed by atoms with van der Waals surface area (Å²) in [4.78, 5) is 16.5. The Morgan fingerprint density at radius 2 is 1.70 bits per heavy atom. The number of alkyl halides is 2. The molecule has 1 saturated carbocycles. The third kappa shape index (κ3) is 10.2. The van der Waals surface area contributed by atoms with Crippen molar-refractivity contribution in [1.29, 1.82) is 0 Å². The van der Waals surface area contributed by atoms with Crippen molar-refractivity contribution < 1.29 is 50.7 Å². The summed E-state index contributed by atoms with van der Waals surface area (Å²) >= 11 is 14.3. The molecule has 47 heavy (non-hydrogen) atoms. The lowest BCUT2D eigenvalue weighted by molar-refractivity contribution is -0.377. The van der Waals surface area contributed by atoms with E-state index in [1.807, 2.05) is 6.26 Å². The lowest BCUT2D eigenvalue weighted by Crippen LogP contribution is -2.42. The summed E-state index contributed by atoms with van der Waals surface area (Å²) in [5, 5.41) is 0.518. The highest BCUT2D eigenvalue weighted by Gasteiger charge is 2.32. The predicted molar refractivity (Wildman–Crippen MR) is 174 cm³/mol. The number of carbonyl (C=O) groups is 1. The minimum atomic E-state index is -4.25. The highest BCUT2D eigenvalue weighted by atomic mass is 35.5. The van der Waals surface area contributed by atoms with Crippen molar-refractivity contribution in [3.8, 4) is 23.0 Å². The van der Waals surface area contributed by atoms with E-state index >= 15 is 0 Å². The van der Waals surface area contributed by atoms with Gasteiger partial charge in [-0.05, 0) is 67.0 Å². The van der Waals surface area contributed by atoms with Gasteiger partial charge < -0.3 is 23.7 Å². The Morgan fingerprint density at radius 1 is 1.02 bits per heavy atom. The number of hydrogen-bond acceptors (Lipinski definition) is 9. The molecule has 4 rings (SSSR count). The number of H-pyrrole nitrogens is 1. The van der Waals surface area contributed by atoms with Gasteiger partial charge in [0.15, 0.2) is 35.4 Å². The largest absolute Gasteiger partial charge is 0.493 e. The average Bonchev–Trinajstić information content (AvgIpc) is 3.87. The number of carbonyl (C=O) groups excluding carboxylic acids is 1. The maximum absolute atomic E-state index is 13.8. The summed E-state index contributed by atoms with van der Waals surface area (Å²) in [5.41, 5.74) is 0.793. The number of thioether (sulfide) groups is 1. The third-order valence-electron chi connectivity index (χ3n) is 7.23. The standard InChI is InChI=1S/C31H34Cl2F2N2O8S2/c1-41-25-9-7-20(13-28(25)42-2)47(39,40)37-24(10-11-46-3)30(38)44-27(14-21-22(32)15-36-16-23(21)33)19-6-8-26(45-31(34)35)29(12-19)43-17-18-4-5-18/h6-9,12-13,15-16,18,24,27,31,37H,4-5,10-11,14,17H2,1-3H3/p+1/t24-,27+/m1/s1. The molecule has 256 valence electrons. The molecule has 0 unspecified atom stereocenters. The molecule has 1 aromatic heterocycles. The summed E-state index contributed by atoms with van der Waals surface area (Å²) in [6.07, 6.45) is 5.72. The minimum absolute atomic E-state index is 0.0348. The van der Waals surface area contributed by atoms with Gasteiger partial charge in [-0.1, -0.05) is 29.3 Å². The van der Waals surface area contributed by atoms with E-state index in [2.05, 4.69) is 14.4 Å². The van der Waals surface area contributed by atoms with Crippen LogP contribution in [0.15, 0.2) is 53.7 Å².